The number of hydrogen-bond donors (Lipinski definition) is 0. The van der Waals surface area contributed by atoms with E-state index >= 15 is 0 Å². The van der Waals surface area contributed by atoms with Crippen LogP contribution in [0.15, 0.2) is 24.3 Å². The second-order valence-corrected chi connectivity index (χ2v) is 11.9. The maximum Gasteiger partial charge on any atom is 0.0775 e. The first-order chi connectivity index (χ1) is 8.04. The minimum atomic E-state index is -1.11. The van der Waals surface area contributed by atoms with Gasteiger partial charge in [-0.2, -0.15) is 11.8 Å². The van der Waals surface area contributed by atoms with E-state index < -0.39 is 8.07 Å². The molecule has 0 aliphatic carbocycles. The van der Waals surface area contributed by atoms with E-state index in [1.165, 1.54) is 36.3 Å². The van der Waals surface area contributed by atoms with E-state index in [4.69, 9.17) is 0 Å². The maximum atomic E-state index is 2.40. The lowest BCUT2D eigenvalue weighted by Crippen LogP contribution is -2.37. The summed E-state index contributed by atoms with van der Waals surface area (Å²) in [6, 6.07) is 9.32. The Labute approximate surface area is 112 Å². The summed E-state index contributed by atoms with van der Waals surface area (Å²) in [4.78, 5) is 0. The molecule has 0 N–H and O–H groups in total. The van der Waals surface area contributed by atoms with Gasteiger partial charge in [-0.15, -0.1) is 0 Å². The number of benzene rings is 1. The predicted octanol–water partition coefficient (Wildman–Crippen LogP) is 4.66. The Balaban J connectivity index is 2.36. The van der Waals surface area contributed by atoms with Crippen molar-refractivity contribution in [3.05, 3.63) is 29.8 Å². The lowest BCUT2D eigenvalue weighted by Gasteiger charge is -2.16. The fraction of sp³-hybridized carbons (Fsp3) is 0.600. The number of rotatable bonds is 7. The van der Waals surface area contributed by atoms with Crippen LogP contribution in [0, 0.1) is 0 Å². The molecule has 0 bridgehead atoms. The van der Waals surface area contributed by atoms with Crippen LogP contribution in [0.4, 0.5) is 0 Å². The van der Waals surface area contributed by atoms with Gasteiger partial charge in [-0.25, -0.2) is 0 Å². The van der Waals surface area contributed by atoms with Crippen molar-refractivity contribution in [1.29, 1.82) is 0 Å². The second-order valence-electron chi connectivity index (χ2n) is 5.71. The van der Waals surface area contributed by atoms with Crippen molar-refractivity contribution in [1.82, 2.24) is 0 Å². The number of unbranched alkanes of at least 4 members (excludes halogenated alkanes) is 2. The molecule has 1 aromatic carbocycles. The van der Waals surface area contributed by atoms with Crippen molar-refractivity contribution >= 4 is 25.0 Å². The van der Waals surface area contributed by atoms with Gasteiger partial charge in [0.1, 0.15) is 0 Å². The number of hydrogen-bond acceptors (Lipinski definition) is 1. The summed E-state index contributed by atoms with van der Waals surface area (Å²) in [5.74, 6) is 2.49. The molecule has 0 aliphatic rings. The molecule has 0 atom stereocenters. The molecule has 0 heterocycles. The SMILES string of the molecule is CCCCCSCc1ccc([Si](C)(C)C)cc1. The summed E-state index contributed by atoms with van der Waals surface area (Å²) in [6.07, 6.45) is 4.07. The summed E-state index contributed by atoms with van der Waals surface area (Å²) in [5.41, 5.74) is 1.48. The van der Waals surface area contributed by atoms with E-state index in [-0.39, 0.29) is 0 Å². The first-order valence-electron chi connectivity index (χ1n) is 6.71. The Morgan fingerprint density at radius 3 is 2.18 bits per heavy atom. The van der Waals surface area contributed by atoms with Gasteiger partial charge in [0.25, 0.3) is 0 Å². The average Bonchev–Trinajstić information content (AvgIpc) is 2.28. The fourth-order valence-electron chi connectivity index (χ4n) is 1.75. The van der Waals surface area contributed by atoms with Crippen LogP contribution < -0.4 is 5.19 Å². The zero-order valence-electron chi connectivity index (χ0n) is 11.8. The van der Waals surface area contributed by atoms with E-state index in [0.717, 1.165) is 0 Å². The smallest absolute Gasteiger partial charge is 0.0775 e. The third-order valence-electron chi connectivity index (χ3n) is 2.98. The second kappa shape index (κ2) is 7.27. The van der Waals surface area contributed by atoms with Gasteiger partial charge < -0.3 is 0 Å². The van der Waals surface area contributed by atoms with Crippen molar-refractivity contribution < 1.29 is 0 Å². The van der Waals surface area contributed by atoms with Gasteiger partial charge in [-0.1, -0.05) is 68.9 Å². The van der Waals surface area contributed by atoms with E-state index in [1.807, 2.05) is 0 Å². The van der Waals surface area contributed by atoms with Gasteiger partial charge in [0, 0.05) is 5.75 Å². The largest absolute Gasteiger partial charge is 0.157 e. The molecule has 0 saturated carbocycles. The topological polar surface area (TPSA) is 0 Å². The van der Waals surface area contributed by atoms with Crippen molar-refractivity contribution in [3.63, 3.8) is 0 Å². The Bertz CT molecular complexity index is 311. The standard InChI is InChI=1S/C15H26SSi/c1-5-6-7-12-16-13-14-8-10-15(11-9-14)17(2,3)4/h8-11H,5-7,12-13H2,1-4H3. The summed E-state index contributed by atoms with van der Waals surface area (Å²) in [7, 11) is -1.11. The van der Waals surface area contributed by atoms with Crippen LogP contribution in [0.2, 0.25) is 19.6 Å². The molecule has 0 nitrogen and oxygen atoms in total. The third-order valence-corrected chi connectivity index (χ3v) is 6.16. The summed E-state index contributed by atoms with van der Waals surface area (Å²) >= 11 is 2.07. The molecular formula is C15H26SSi. The zero-order valence-corrected chi connectivity index (χ0v) is 13.6. The molecule has 1 aromatic rings. The lowest BCUT2D eigenvalue weighted by atomic mass is 10.2. The van der Waals surface area contributed by atoms with Crippen molar-refractivity contribution in [2.24, 2.45) is 0 Å². The van der Waals surface area contributed by atoms with Crippen molar-refractivity contribution in [2.45, 2.75) is 51.6 Å². The first-order valence-corrected chi connectivity index (χ1v) is 11.4. The minimum absolute atomic E-state index is 1.11. The molecule has 0 radical (unpaired) electrons. The predicted molar refractivity (Wildman–Crippen MR) is 85.1 cm³/mol. The van der Waals surface area contributed by atoms with Crippen LogP contribution in [0.5, 0.6) is 0 Å². The van der Waals surface area contributed by atoms with E-state index in [0.29, 0.717) is 0 Å². The minimum Gasteiger partial charge on any atom is -0.157 e. The molecule has 2 heteroatoms. The Hall–Kier alpha value is -0.213. The highest BCUT2D eigenvalue weighted by atomic mass is 32.2. The average molecular weight is 267 g/mol. The Morgan fingerprint density at radius 2 is 1.65 bits per heavy atom. The molecule has 0 amide bonds. The highest BCUT2D eigenvalue weighted by Crippen LogP contribution is 2.14. The fourth-order valence-corrected chi connectivity index (χ4v) is 3.89. The van der Waals surface area contributed by atoms with Crippen molar-refractivity contribution in [3.8, 4) is 0 Å². The molecular weight excluding hydrogens is 240 g/mol. The summed E-state index contributed by atoms with van der Waals surface area (Å²) in [6.45, 7) is 9.48. The normalized spacial score (nSPS) is 11.8. The number of thioether (sulfide) groups is 1. The quantitative estimate of drug-likeness (QED) is 0.511. The molecule has 1 rings (SSSR count). The zero-order chi connectivity index (χ0) is 12.7. The van der Waals surface area contributed by atoms with Gasteiger partial charge in [0.15, 0.2) is 0 Å². The van der Waals surface area contributed by atoms with E-state index in [2.05, 4.69) is 62.6 Å². The van der Waals surface area contributed by atoms with Crippen LogP contribution in [-0.2, 0) is 5.75 Å². The third kappa shape index (κ3) is 5.78. The van der Waals surface area contributed by atoms with E-state index in [9.17, 15) is 0 Å². The Kier molecular flexibility index (Phi) is 6.35. The van der Waals surface area contributed by atoms with Gasteiger partial charge in [0.2, 0.25) is 0 Å². The van der Waals surface area contributed by atoms with Gasteiger partial charge in [0.05, 0.1) is 8.07 Å². The van der Waals surface area contributed by atoms with Crippen molar-refractivity contribution in [2.75, 3.05) is 5.75 Å². The molecule has 0 fully saturated rings. The Morgan fingerprint density at radius 1 is 1.00 bits per heavy atom. The summed E-state index contributed by atoms with van der Waals surface area (Å²) in [5, 5.41) is 1.57. The van der Waals surface area contributed by atoms with Gasteiger partial charge >= 0.3 is 0 Å². The van der Waals surface area contributed by atoms with Crippen LogP contribution >= 0.6 is 11.8 Å². The highest BCUT2D eigenvalue weighted by Gasteiger charge is 2.15. The van der Waals surface area contributed by atoms with Crippen LogP contribution in [0.25, 0.3) is 0 Å². The monoisotopic (exact) mass is 266 g/mol. The molecule has 17 heavy (non-hydrogen) atoms. The van der Waals surface area contributed by atoms with Crippen LogP contribution in [0.1, 0.15) is 31.7 Å². The summed E-state index contributed by atoms with van der Waals surface area (Å²) < 4.78 is 0. The van der Waals surface area contributed by atoms with Crippen LogP contribution in [0.3, 0.4) is 0 Å². The van der Waals surface area contributed by atoms with Gasteiger partial charge in [-0.05, 0) is 17.7 Å². The van der Waals surface area contributed by atoms with Gasteiger partial charge in [-0.3, -0.25) is 0 Å². The highest BCUT2D eigenvalue weighted by molar-refractivity contribution is 7.98. The molecule has 0 aromatic heterocycles. The molecule has 0 aliphatic heterocycles. The maximum absolute atomic E-state index is 2.40. The molecule has 96 valence electrons. The van der Waals surface area contributed by atoms with Crippen LogP contribution in [-0.4, -0.2) is 13.8 Å². The molecule has 0 spiro atoms. The van der Waals surface area contributed by atoms with E-state index in [1.54, 1.807) is 5.19 Å². The molecule has 0 saturated heterocycles. The molecule has 0 unspecified atom stereocenters. The first kappa shape index (κ1) is 14.8. The lowest BCUT2D eigenvalue weighted by molar-refractivity contribution is 0.778.